The van der Waals surface area contributed by atoms with Gasteiger partial charge in [-0.25, -0.2) is 15.0 Å². The fourth-order valence-corrected chi connectivity index (χ4v) is 3.43. The van der Waals surface area contributed by atoms with Crippen molar-refractivity contribution in [3.8, 4) is 17.2 Å². The first kappa shape index (κ1) is 20.1. The number of aromatic nitrogens is 4. The maximum absolute atomic E-state index is 10.3. The summed E-state index contributed by atoms with van der Waals surface area (Å²) in [5.41, 5.74) is 1.31. The lowest BCUT2D eigenvalue weighted by atomic mass is 10.1. The van der Waals surface area contributed by atoms with E-state index < -0.39 is 31.1 Å². The average Bonchev–Trinajstić information content (AvgIpc) is 3.28. The Morgan fingerprint density at radius 2 is 1.87 bits per heavy atom. The number of ether oxygens (including phenoxy) is 2. The first-order valence-corrected chi connectivity index (χ1v) is 9.07. The van der Waals surface area contributed by atoms with Gasteiger partial charge in [-0.3, -0.25) is 4.57 Å². The van der Waals surface area contributed by atoms with Crippen molar-refractivity contribution >= 4 is 17.0 Å². The Hall–Kier alpha value is -3.19. The molecule has 0 unspecified atom stereocenters. The fraction of sp³-hybridized carbons (Fsp3) is 0.389. The number of nitrogens with one attached hydrogen (secondary N) is 1. The molecule has 12 nitrogen and oxygen atoms in total. The van der Waals surface area contributed by atoms with Gasteiger partial charge >= 0.3 is 0 Å². The highest BCUT2D eigenvalue weighted by Crippen LogP contribution is 2.37. The summed E-state index contributed by atoms with van der Waals surface area (Å²) in [4.78, 5) is 12.6. The van der Waals surface area contributed by atoms with Crippen LogP contribution in [0.1, 0.15) is 11.8 Å². The van der Waals surface area contributed by atoms with E-state index in [9.17, 15) is 25.5 Å². The standard InChI is InChI=1S/C18H21N5O7/c1-29-15-9(25)2-8(3-10(15)26)4-19-16-12-17(21-6-20-16)23(7-22-12)18-14(28)13(27)11(5-24)30-18/h2-3,6-7,11,13-14,18,24-28H,4-5H2,1H3,(H,19,20,21)/t11-,13-,14-,18-/m1/s1. The summed E-state index contributed by atoms with van der Waals surface area (Å²) in [5.74, 6) is -0.0349. The molecule has 12 heteroatoms. The Labute approximate surface area is 170 Å². The fourth-order valence-electron chi connectivity index (χ4n) is 3.43. The van der Waals surface area contributed by atoms with Crippen molar-refractivity contribution in [3.63, 3.8) is 0 Å². The topological polar surface area (TPSA) is 175 Å². The Bertz CT molecular complexity index is 1040. The number of aliphatic hydroxyl groups is 3. The smallest absolute Gasteiger partial charge is 0.202 e. The molecule has 4 rings (SSSR count). The summed E-state index contributed by atoms with van der Waals surface area (Å²) in [6.45, 7) is -0.233. The molecule has 30 heavy (non-hydrogen) atoms. The zero-order valence-corrected chi connectivity index (χ0v) is 15.9. The summed E-state index contributed by atoms with van der Waals surface area (Å²) in [7, 11) is 1.34. The van der Waals surface area contributed by atoms with E-state index in [4.69, 9.17) is 9.47 Å². The number of fused-ring (bicyclic) bond motifs is 1. The van der Waals surface area contributed by atoms with Crippen molar-refractivity contribution in [2.24, 2.45) is 0 Å². The van der Waals surface area contributed by atoms with Gasteiger partial charge in [-0.2, -0.15) is 0 Å². The number of rotatable bonds is 6. The van der Waals surface area contributed by atoms with E-state index in [1.54, 1.807) is 0 Å². The maximum Gasteiger partial charge on any atom is 0.202 e. The molecule has 3 heterocycles. The Morgan fingerprint density at radius 3 is 2.50 bits per heavy atom. The Morgan fingerprint density at radius 1 is 1.13 bits per heavy atom. The van der Waals surface area contributed by atoms with E-state index in [1.807, 2.05) is 0 Å². The number of benzene rings is 1. The molecule has 0 radical (unpaired) electrons. The third kappa shape index (κ3) is 3.35. The van der Waals surface area contributed by atoms with Gasteiger partial charge in [0.1, 0.15) is 24.6 Å². The van der Waals surface area contributed by atoms with Crippen LogP contribution in [0.5, 0.6) is 17.2 Å². The zero-order valence-electron chi connectivity index (χ0n) is 15.9. The van der Waals surface area contributed by atoms with Crippen molar-refractivity contribution in [1.29, 1.82) is 0 Å². The van der Waals surface area contributed by atoms with E-state index in [0.29, 0.717) is 22.5 Å². The van der Waals surface area contributed by atoms with Crippen LogP contribution in [0.15, 0.2) is 24.8 Å². The number of nitrogens with zero attached hydrogens (tertiary/aromatic N) is 4. The highest BCUT2D eigenvalue weighted by Gasteiger charge is 2.44. The van der Waals surface area contributed by atoms with Crippen LogP contribution in [0.4, 0.5) is 5.82 Å². The highest BCUT2D eigenvalue weighted by atomic mass is 16.6. The normalized spacial score (nSPS) is 23.7. The van der Waals surface area contributed by atoms with Crippen LogP contribution in [-0.2, 0) is 11.3 Å². The summed E-state index contributed by atoms with van der Waals surface area (Å²) >= 11 is 0. The average molecular weight is 419 g/mol. The third-order valence-corrected chi connectivity index (χ3v) is 4.92. The highest BCUT2D eigenvalue weighted by molar-refractivity contribution is 5.82. The van der Waals surface area contributed by atoms with Crippen LogP contribution in [0.25, 0.3) is 11.2 Å². The molecule has 3 aromatic rings. The summed E-state index contributed by atoms with van der Waals surface area (Å²) in [6.07, 6.45) is -1.70. The molecule has 2 aromatic heterocycles. The summed E-state index contributed by atoms with van der Waals surface area (Å²) < 4.78 is 11.9. The van der Waals surface area contributed by atoms with Crippen molar-refractivity contribution in [2.45, 2.75) is 31.1 Å². The molecule has 4 atom stereocenters. The van der Waals surface area contributed by atoms with E-state index in [0.717, 1.165) is 0 Å². The molecule has 0 bridgehead atoms. The number of methoxy groups -OCH3 is 1. The van der Waals surface area contributed by atoms with Gasteiger partial charge in [0.2, 0.25) is 5.75 Å². The van der Waals surface area contributed by atoms with E-state index in [1.165, 1.54) is 36.5 Å². The summed E-state index contributed by atoms with van der Waals surface area (Å²) in [5, 5.41) is 52.4. The number of hydrogen-bond donors (Lipinski definition) is 6. The minimum absolute atomic E-state index is 0.0135. The van der Waals surface area contributed by atoms with Gasteiger partial charge in [0, 0.05) is 6.54 Å². The first-order chi connectivity index (χ1) is 14.4. The van der Waals surface area contributed by atoms with Crippen LogP contribution in [0.2, 0.25) is 0 Å². The van der Waals surface area contributed by atoms with E-state index >= 15 is 0 Å². The van der Waals surface area contributed by atoms with Crippen molar-refractivity contribution < 1.29 is 35.0 Å². The predicted octanol–water partition coefficient (Wildman–Crippen LogP) is -0.530. The number of phenols is 2. The molecule has 1 aliphatic rings. The Kier molecular flexibility index (Phi) is 5.30. The van der Waals surface area contributed by atoms with Gasteiger partial charge in [-0.05, 0) is 17.7 Å². The number of hydrogen-bond acceptors (Lipinski definition) is 11. The molecular formula is C18H21N5O7. The molecule has 0 aliphatic carbocycles. The van der Waals surface area contributed by atoms with Crippen LogP contribution in [0, 0.1) is 0 Å². The largest absolute Gasteiger partial charge is 0.504 e. The van der Waals surface area contributed by atoms with Crippen molar-refractivity contribution in [3.05, 3.63) is 30.4 Å². The number of anilines is 1. The van der Waals surface area contributed by atoms with E-state index in [2.05, 4.69) is 20.3 Å². The summed E-state index contributed by atoms with van der Waals surface area (Å²) in [6, 6.07) is 2.89. The van der Waals surface area contributed by atoms with Gasteiger partial charge in [-0.1, -0.05) is 0 Å². The first-order valence-electron chi connectivity index (χ1n) is 9.07. The quantitative estimate of drug-likeness (QED) is 0.303. The zero-order chi connectivity index (χ0) is 21.4. The minimum Gasteiger partial charge on any atom is -0.504 e. The molecule has 6 N–H and O–H groups in total. The molecule has 0 amide bonds. The Balaban J connectivity index is 1.59. The maximum atomic E-state index is 10.3. The molecular weight excluding hydrogens is 398 g/mol. The van der Waals surface area contributed by atoms with Crippen molar-refractivity contribution in [1.82, 2.24) is 19.5 Å². The van der Waals surface area contributed by atoms with Gasteiger partial charge < -0.3 is 40.3 Å². The van der Waals surface area contributed by atoms with Crippen LogP contribution in [-0.4, -0.2) is 77.1 Å². The second-order valence-corrected chi connectivity index (χ2v) is 6.80. The van der Waals surface area contributed by atoms with Gasteiger partial charge in [0.15, 0.2) is 34.7 Å². The second-order valence-electron chi connectivity index (χ2n) is 6.80. The monoisotopic (exact) mass is 419 g/mol. The molecule has 1 aromatic carbocycles. The third-order valence-electron chi connectivity index (χ3n) is 4.92. The lowest BCUT2D eigenvalue weighted by Crippen LogP contribution is -2.33. The predicted molar refractivity (Wildman–Crippen MR) is 102 cm³/mol. The molecule has 1 fully saturated rings. The van der Waals surface area contributed by atoms with Gasteiger partial charge in [0.25, 0.3) is 0 Å². The van der Waals surface area contributed by atoms with Crippen LogP contribution in [0.3, 0.4) is 0 Å². The van der Waals surface area contributed by atoms with Crippen molar-refractivity contribution in [2.75, 3.05) is 19.0 Å². The molecule has 1 saturated heterocycles. The molecule has 1 aliphatic heterocycles. The van der Waals surface area contributed by atoms with Gasteiger partial charge in [-0.15, -0.1) is 0 Å². The lowest BCUT2D eigenvalue weighted by molar-refractivity contribution is -0.0511. The molecule has 0 saturated carbocycles. The number of aromatic hydroxyl groups is 2. The minimum atomic E-state index is -1.27. The second kappa shape index (κ2) is 7.91. The SMILES string of the molecule is COc1c(O)cc(CNc2ncnc3c2ncn3[C@@H]2O[C@H](CO)[C@@H](O)[C@H]2O)cc1O. The molecule has 160 valence electrons. The van der Waals surface area contributed by atoms with Crippen LogP contribution >= 0.6 is 0 Å². The van der Waals surface area contributed by atoms with Gasteiger partial charge in [0.05, 0.1) is 20.0 Å². The van der Waals surface area contributed by atoms with Crippen LogP contribution < -0.4 is 10.1 Å². The molecule has 0 spiro atoms. The number of phenolic OH excluding ortho intramolecular Hbond substituents is 2. The number of imidazole rings is 1. The lowest BCUT2D eigenvalue weighted by Gasteiger charge is -2.16. The number of aliphatic hydroxyl groups excluding tert-OH is 3. The van der Waals surface area contributed by atoms with E-state index in [-0.39, 0.29) is 23.8 Å².